The molecule has 0 spiro atoms. The maximum Gasteiger partial charge on any atom is 0.269 e. The van der Waals surface area contributed by atoms with Crippen molar-refractivity contribution >= 4 is 5.69 Å². The van der Waals surface area contributed by atoms with Crippen LogP contribution in [0.1, 0.15) is 5.56 Å². The number of ether oxygens (including phenoxy) is 1. The first-order valence-corrected chi connectivity index (χ1v) is 5.14. The second-order valence-electron chi connectivity index (χ2n) is 4.09. The van der Waals surface area contributed by atoms with E-state index in [-0.39, 0.29) is 16.2 Å². The lowest BCUT2D eigenvalue weighted by Crippen LogP contribution is -2.61. The first-order chi connectivity index (χ1) is 7.65. The van der Waals surface area contributed by atoms with Crippen LogP contribution in [0.5, 0.6) is 0 Å². The quantitative estimate of drug-likeness (QED) is 0.612. The number of benzene rings is 1. The highest BCUT2D eigenvalue weighted by Crippen LogP contribution is 2.23. The van der Waals surface area contributed by atoms with Crippen LogP contribution in [0.4, 0.5) is 5.69 Å². The molecule has 1 fully saturated rings. The zero-order chi connectivity index (χ0) is 11.6. The van der Waals surface area contributed by atoms with Crippen molar-refractivity contribution in [3.8, 4) is 0 Å². The van der Waals surface area contributed by atoms with Gasteiger partial charge in [0.05, 0.1) is 10.5 Å². The molecule has 0 saturated carbocycles. The molecule has 1 aromatic rings. The van der Waals surface area contributed by atoms with Crippen molar-refractivity contribution in [3.63, 3.8) is 0 Å². The molecule has 2 rings (SSSR count). The van der Waals surface area contributed by atoms with E-state index in [1.165, 1.54) is 12.1 Å². The Morgan fingerprint density at radius 3 is 2.44 bits per heavy atom. The van der Waals surface area contributed by atoms with Crippen LogP contribution in [0.15, 0.2) is 24.3 Å². The first kappa shape index (κ1) is 11.0. The highest BCUT2D eigenvalue weighted by Gasteiger charge is 2.36. The van der Waals surface area contributed by atoms with Gasteiger partial charge in [0.2, 0.25) is 0 Å². The normalized spacial score (nSPS) is 17.8. The number of nitrogens with one attached hydrogen (secondary N) is 1. The van der Waals surface area contributed by atoms with Gasteiger partial charge in [-0.2, -0.15) is 0 Å². The molecular weight excluding hydrogens is 208 g/mol. The van der Waals surface area contributed by atoms with Gasteiger partial charge >= 0.3 is 0 Å². The Bertz CT molecular complexity index is 379. The first-order valence-electron chi connectivity index (χ1n) is 5.14. The van der Waals surface area contributed by atoms with Gasteiger partial charge in [-0.25, -0.2) is 0 Å². The van der Waals surface area contributed by atoms with Gasteiger partial charge in [-0.05, 0) is 5.56 Å². The highest BCUT2D eigenvalue weighted by atomic mass is 16.6. The molecule has 1 N–H and O–H groups in total. The molecule has 0 aliphatic carbocycles. The van der Waals surface area contributed by atoms with Crippen molar-refractivity contribution in [2.75, 3.05) is 20.2 Å². The molecule has 86 valence electrons. The molecule has 0 unspecified atom stereocenters. The summed E-state index contributed by atoms with van der Waals surface area (Å²) in [4.78, 5) is 10.1. The zero-order valence-corrected chi connectivity index (χ0v) is 9.10. The summed E-state index contributed by atoms with van der Waals surface area (Å²) >= 11 is 0. The van der Waals surface area contributed by atoms with Gasteiger partial charge in [0.1, 0.15) is 0 Å². The Kier molecular flexibility index (Phi) is 2.89. The number of methoxy groups -OCH3 is 1. The third-order valence-electron chi connectivity index (χ3n) is 3.00. The molecule has 1 saturated heterocycles. The largest absolute Gasteiger partial charge is 0.375 e. The monoisotopic (exact) mass is 222 g/mol. The summed E-state index contributed by atoms with van der Waals surface area (Å²) < 4.78 is 5.46. The van der Waals surface area contributed by atoms with E-state index in [1.54, 1.807) is 19.2 Å². The number of hydrogen-bond acceptors (Lipinski definition) is 4. The molecule has 5 heteroatoms. The molecule has 16 heavy (non-hydrogen) atoms. The average Bonchev–Trinajstić information content (AvgIpc) is 2.24. The van der Waals surface area contributed by atoms with Gasteiger partial charge in [-0.15, -0.1) is 0 Å². The Morgan fingerprint density at radius 1 is 1.44 bits per heavy atom. The summed E-state index contributed by atoms with van der Waals surface area (Å²) in [5.41, 5.74) is 1.06. The molecule has 0 aromatic heterocycles. The summed E-state index contributed by atoms with van der Waals surface area (Å²) in [7, 11) is 1.70. The summed E-state index contributed by atoms with van der Waals surface area (Å²) in [6.07, 6.45) is 0.786. The average molecular weight is 222 g/mol. The number of non-ortho nitro benzene ring substituents is 1. The second-order valence-corrected chi connectivity index (χ2v) is 4.09. The molecular formula is C11H14N2O3. The standard InChI is InChI=1S/C11H14N2O3/c1-16-11(7-12-8-11)6-9-2-4-10(5-3-9)13(14)15/h2-5,12H,6-8H2,1H3. The molecule has 1 aromatic carbocycles. The van der Waals surface area contributed by atoms with Crippen LogP contribution in [0.25, 0.3) is 0 Å². The van der Waals surface area contributed by atoms with E-state index in [1.807, 2.05) is 0 Å². The van der Waals surface area contributed by atoms with Gasteiger partial charge < -0.3 is 10.1 Å². The van der Waals surface area contributed by atoms with E-state index >= 15 is 0 Å². The molecule has 5 nitrogen and oxygen atoms in total. The maximum atomic E-state index is 10.5. The fourth-order valence-corrected chi connectivity index (χ4v) is 1.85. The number of nitrogens with zero attached hydrogens (tertiary/aromatic N) is 1. The Balaban J connectivity index is 2.07. The molecule has 0 bridgehead atoms. The van der Waals surface area contributed by atoms with Crippen molar-refractivity contribution in [1.29, 1.82) is 0 Å². The summed E-state index contributed by atoms with van der Waals surface area (Å²) in [6, 6.07) is 6.64. The predicted molar refractivity (Wildman–Crippen MR) is 59.4 cm³/mol. The highest BCUT2D eigenvalue weighted by molar-refractivity contribution is 5.33. The van der Waals surface area contributed by atoms with Crippen LogP contribution in [0, 0.1) is 10.1 Å². The van der Waals surface area contributed by atoms with Crippen LogP contribution in [0.3, 0.4) is 0 Å². The lowest BCUT2D eigenvalue weighted by atomic mass is 9.89. The van der Waals surface area contributed by atoms with Crippen LogP contribution < -0.4 is 5.32 Å². The van der Waals surface area contributed by atoms with Crippen molar-refractivity contribution in [1.82, 2.24) is 5.32 Å². The van der Waals surface area contributed by atoms with E-state index in [2.05, 4.69) is 5.32 Å². The van der Waals surface area contributed by atoms with Crippen LogP contribution in [0.2, 0.25) is 0 Å². The van der Waals surface area contributed by atoms with E-state index < -0.39 is 0 Å². The van der Waals surface area contributed by atoms with Crippen molar-refractivity contribution in [2.24, 2.45) is 0 Å². The summed E-state index contributed by atoms with van der Waals surface area (Å²) in [5.74, 6) is 0. The minimum absolute atomic E-state index is 0.127. The van der Waals surface area contributed by atoms with E-state index in [4.69, 9.17) is 4.74 Å². The van der Waals surface area contributed by atoms with Gasteiger partial charge in [-0.3, -0.25) is 10.1 Å². The third-order valence-corrected chi connectivity index (χ3v) is 3.00. The lowest BCUT2D eigenvalue weighted by molar-refractivity contribution is -0.384. The molecule has 0 radical (unpaired) electrons. The zero-order valence-electron chi connectivity index (χ0n) is 9.10. The summed E-state index contributed by atoms with van der Waals surface area (Å²) in [6.45, 7) is 1.67. The van der Waals surface area contributed by atoms with Crippen LogP contribution in [-0.4, -0.2) is 30.7 Å². The number of hydrogen-bond donors (Lipinski definition) is 1. The lowest BCUT2D eigenvalue weighted by Gasteiger charge is -2.41. The number of rotatable bonds is 4. The van der Waals surface area contributed by atoms with E-state index in [0.717, 1.165) is 25.1 Å². The number of nitro benzene ring substituents is 1. The van der Waals surface area contributed by atoms with Crippen LogP contribution >= 0.6 is 0 Å². The molecule has 1 aliphatic heterocycles. The van der Waals surface area contributed by atoms with Crippen LogP contribution in [-0.2, 0) is 11.2 Å². The van der Waals surface area contributed by atoms with E-state index in [0.29, 0.717) is 0 Å². The third kappa shape index (κ3) is 2.05. The summed E-state index contributed by atoms with van der Waals surface area (Å²) in [5, 5.41) is 13.7. The molecule has 0 atom stereocenters. The van der Waals surface area contributed by atoms with Gasteiger partial charge in [0.25, 0.3) is 5.69 Å². The van der Waals surface area contributed by atoms with Crippen molar-refractivity contribution in [3.05, 3.63) is 39.9 Å². The Morgan fingerprint density at radius 2 is 2.06 bits per heavy atom. The topological polar surface area (TPSA) is 64.4 Å². The SMILES string of the molecule is COC1(Cc2ccc([N+](=O)[O-])cc2)CNC1. The fraction of sp³-hybridized carbons (Fsp3) is 0.455. The molecule has 1 aliphatic rings. The van der Waals surface area contributed by atoms with Gasteiger partial charge in [0.15, 0.2) is 0 Å². The minimum atomic E-state index is -0.388. The Hall–Kier alpha value is -1.46. The van der Waals surface area contributed by atoms with Gasteiger partial charge in [0, 0.05) is 38.8 Å². The number of nitro groups is 1. The minimum Gasteiger partial charge on any atom is -0.375 e. The Labute approximate surface area is 93.6 Å². The van der Waals surface area contributed by atoms with Gasteiger partial charge in [-0.1, -0.05) is 12.1 Å². The molecule has 0 amide bonds. The molecule has 1 heterocycles. The van der Waals surface area contributed by atoms with Crippen molar-refractivity contribution < 1.29 is 9.66 Å². The van der Waals surface area contributed by atoms with Crippen molar-refractivity contribution in [2.45, 2.75) is 12.0 Å². The fourth-order valence-electron chi connectivity index (χ4n) is 1.85. The maximum absolute atomic E-state index is 10.5. The van der Waals surface area contributed by atoms with E-state index in [9.17, 15) is 10.1 Å². The smallest absolute Gasteiger partial charge is 0.269 e. The predicted octanol–water partition coefficient (Wildman–Crippen LogP) is 1.13. The second kappa shape index (κ2) is 4.19.